The van der Waals surface area contributed by atoms with E-state index in [-0.39, 0.29) is 61.8 Å². The summed E-state index contributed by atoms with van der Waals surface area (Å²) in [4.78, 5) is 32.6. The van der Waals surface area contributed by atoms with Gasteiger partial charge in [-0.3, -0.25) is 18.9 Å². The van der Waals surface area contributed by atoms with Crippen molar-refractivity contribution in [2.75, 3.05) is 6.61 Å². The standard InChI is InChI=1S/C29H32N4O4.Ca.ClH/c1-3-8-26-30-19(2)25(17-22-9-6-7-16-36-22)28(34)33(26)18-20-12-14-21(15-13-20)23-10-4-5-11-24(23)27-31-29(35)37-32-27;;/h4-5,10-15,22H,3,6-9,16-18H2,1-2H3,(H,31,32,35);;1H. The maximum Gasteiger partial charge on any atom is 0.439 e. The molecule has 2 aromatic heterocycles. The van der Waals surface area contributed by atoms with Gasteiger partial charge in [0, 0.05) is 74.0 Å². The topological polar surface area (TPSA) is 103 Å². The van der Waals surface area contributed by atoms with Crippen molar-refractivity contribution in [1.29, 1.82) is 0 Å². The second kappa shape index (κ2) is 14.4. The van der Waals surface area contributed by atoms with Crippen LogP contribution in [0.1, 0.15) is 55.3 Å². The van der Waals surface area contributed by atoms with Gasteiger partial charge in [-0.05, 0) is 49.3 Å². The van der Waals surface area contributed by atoms with Crippen molar-refractivity contribution in [3.05, 3.63) is 92.1 Å². The molecular formula is C29H33CaClN4O4. The van der Waals surface area contributed by atoms with Crippen molar-refractivity contribution in [2.24, 2.45) is 0 Å². The van der Waals surface area contributed by atoms with Crippen LogP contribution in [0.5, 0.6) is 0 Å². The van der Waals surface area contributed by atoms with Gasteiger partial charge in [0.25, 0.3) is 5.56 Å². The number of hydrogen-bond donors (Lipinski definition) is 1. The van der Waals surface area contributed by atoms with Crippen LogP contribution in [0.15, 0.2) is 62.6 Å². The Balaban J connectivity index is 0.00000210. The minimum absolute atomic E-state index is 0. The van der Waals surface area contributed by atoms with E-state index in [4.69, 9.17) is 14.2 Å². The monoisotopic (exact) mass is 576 g/mol. The van der Waals surface area contributed by atoms with Gasteiger partial charge in [0.2, 0.25) is 0 Å². The molecule has 0 saturated carbocycles. The van der Waals surface area contributed by atoms with Gasteiger partial charge in [-0.25, -0.2) is 9.78 Å². The number of aromatic amines is 1. The van der Waals surface area contributed by atoms with Gasteiger partial charge in [-0.15, -0.1) is 12.4 Å². The van der Waals surface area contributed by atoms with E-state index in [2.05, 4.69) is 17.1 Å². The van der Waals surface area contributed by atoms with E-state index in [1.165, 1.54) is 0 Å². The Hall–Kier alpha value is -2.23. The van der Waals surface area contributed by atoms with Gasteiger partial charge in [0.15, 0.2) is 5.82 Å². The van der Waals surface area contributed by atoms with Gasteiger partial charge < -0.3 is 4.74 Å². The van der Waals surface area contributed by atoms with Crippen LogP contribution in [0.3, 0.4) is 0 Å². The number of ether oxygens (including phenoxy) is 1. The molecule has 0 bridgehead atoms. The van der Waals surface area contributed by atoms with Crippen molar-refractivity contribution in [2.45, 2.75) is 65.0 Å². The summed E-state index contributed by atoms with van der Waals surface area (Å²) in [7, 11) is 0. The first-order valence-corrected chi connectivity index (χ1v) is 13.0. The molecule has 0 aliphatic carbocycles. The molecule has 1 aliphatic rings. The number of halogens is 1. The number of benzene rings is 2. The molecule has 2 aromatic carbocycles. The summed E-state index contributed by atoms with van der Waals surface area (Å²) in [6, 6.07) is 15.8. The first-order chi connectivity index (χ1) is 18.0. The second-order valence-corrected chi connectivity index (χ2v) is 9.61. The predicted molar refractivity (Wildman–Crippen MR) is 155 cm³/mol. The van der Waals surface area contributed by atoms with Crippen molar-refractivity contribution >= 4 is 50.1 Å². The average molecular weight is 577 g/mol. The molecule has 1 atom stereocenters. The summed E-state index contributed by atoms with van der Waals surface area (Å²) >= 11 is 0. The number of H-pyrrole nitrogens is 1. The van der Waals surface area contributed by atoms with E-state index < -0.39 is 5.76 Å². The third-order valence-electron chi connectivity index (χ3n) is 6.96. The summed E-state index contributed by atoms with van der Waals surface area (Å²) in [6.45, 7) is 5.27. The Bertz CT molecular complexity index is 1490. The number of nitrogens with one attached hydrogen (secondary N) is 1. The van der Waals surface area contributed by atoms with E-state index in [9.17, 15) is 9.59 Å². The van der Waals surface area contributed by atoms with Crippen LogP contribution < -0.4 is 11.3 Å². The fourth-order valence-electron chi connectivity index (χ4n) is 5.02. The Labute approximate surface area is 263 Å². The maximum atomic E-state index is 13.7. The molecule has 0 spiro atoms. The Morgan fingerprint density at radius 3 is 2.44 bits per heavy atom. The fraction of sp³-hybridized carbons (Fsp3) is 0.379. The van der Waals surface area contributed by atoms with Crippen LogP contribution in [-0.2, 0) is 24.1 Å². The molecule has 4 aromatic rings. The van der Waals surface area contributed by atoms with E-state index >= 15 is 0 Å². The molecule has 1 fully saturated rings. The Kier molecular flexibility index (Phi) is 11.6. The molecule has 5 rings (SSSR count). The van der Waals surface area contributed by atoms with E-state index in [1.54, 1.807) is 0 Å². The molecule has 202 valence electrons. The zero-order valence-corrected chi connectivity index (χ0v) is 25.5. The van der Waals surface area contributed by atoms with Gasteiger partial charge in [0.1, 0.15) is 5.82 Å². The summed E-state index contributed by atoms with van der Waals surface area (Å²) < 4.78 is 12.4. The minimum atomic E-state index is -0.588. The summed E-state index contributed by atoms with van der Waals surface area (Å²) in [5.74, 6) is 0.623. The molecule has 39 heavy (non-hydrogen) atoms. The predicted octanol–water partition coefficient (Wildman–Crippen LogP) is 4.72. The van der Waals surface area contributed by atoms with E-state index in [1.807, 2.05) is 60.0 Å². The van der Waals surface area contributed by atoms with Crippen LogP contribution in [0, 0.1) is 6.92 Å². The molecule has 1 N–H and O–H groups in total. The fourth-order valence-corrected chi connectivity index (χ4v) is 5.02. The van der Waals surface area contributed by atoms with Crippen molar-refractivity contribution in [1.82, 2.24) is 19.7 Å². The van der Waals surface area contributed by atoms with Crippen molar-refractivity contribution < 1.29 is 9.26 Å². The molecule has 10 heteroatoms. The third kappa shape index (κ3) is 7.30. The molecule has 1 unspecified atom stereocenters. The molecule has 2 radical (unpaired) electrons. The normalized spacial score (nSPS) is 14.9. The zero-order chi connectivity index (χ0) is 25.8. The molecule has 3 heterocycles. The van der Waals surface area contributed by atoms with Crippen LogP contribution in [0.2, 0.25) is 0 Å². The second-order valence-electron chi connectivity index (χ2n) is 9.61. The first kappa shape index (κ1) is 31.3. The molecule has 1 saturated heterocycles. The van der Waals surface area contributed by atoms with E-state index in [0.717, 1.165) is 78.0 Å². The molecular weight excluding hydrogens is 544 g/mol. The van der Waals surface area contributed by atoms with Gasteiger partial charge >= 0.3 is 5.76 Å². The minimum Gasteiger partial charge on any atom is -0.378 e. The van der Waals surface area contributed by atoms with Crippen molar-refractivity contribution in [3.63, 3.8) is 0 Å². The largest absolute Gasteiger partial charge is 0.439 e. The van der Waals surface area contributed by atoms with Crippen LogP contribution in [-0.4, -0.2) is 70.1 Å². The maximum absolute atomic E-state index is 13.7. The van der Waals surface area contributed by atoms with Gasteiger partial charge in [-0.2, -0.15) is 0 Å². The quantitative estimate of drug-likeness (QED) is 0.305. The molecule has 1 aliphatic heterocycles. The Morgan fingerprint density at radius 1 is 1.05 bits per heavy atom. The van der Waals surface area contributed by atoms with Crippen LogP contribution in [0.4, 0.5) is 0 Å². The SMILES string of the molecule is CCCc1nc(C)c(CC2CCCCO2)c(=O)n1Cc1ccc(-c2ccccc2-c2noc(=O)[nH]2)cc1.Cl.[Ca]. The van der Waals surface area contributed by atoms with Gasteiger partial charge in [0.05, 0.1) is 12.6 Å². The third-order valence-corrected chi connectivity index (χ3v) is 6.96. The van der Waals surface area contributed by atoms with Crippen LogP contribution in [0.25, 0.3) is 22.5 Å². The smallest absolute Gasteiger partial charge is 0.378 e. The molecule has 0 amide bonds. The average Bonchev–Trinajstić information content (AvgIpc) is 3.36. The first-order valence-electron chi connectivity index (χ1n) is 13.0. The van der Waals surface area contributed by atoms with Crippen LogP contribution >= 0.6 is 12.4 Å². The van der Waals surface area contributed by atoms with Gasteiger partial charge in [-0.1, -0.05) is 60.6 Å². The number of aromatic nitrogens is 4. The zero-order valence-electron chi connectivity index (χ0n) is 22.4. The molecule has 8 nitrogen and oxygen atoms in total. The summed E-state index contributed by atoms with van der Waals surface area (Å²) in [6.07, 6.45) is 5.58. The number of aryl methyl sites for hydroxylation is 2. The number of nitrogens with zero attached hydrogens (tertiary/aromatic N) is 3. The number of rotatable bonds is 8. The summed E-state index contributed by atoms with van der Waals surface area (Å²) in [5, 5.41) is 3.84. The Morgan fingerprint density at radius 2 is 1.79 bits per heavy atom. The van der Waals surface area contributed by atoms with Crippen molar-refractivity contribution in [3.8, 4) is 22.5 Å². The van der Waals surface area contributed by atoms with E-state index in [0.29, 0.717) is 18.8 Å². The number of hydrogen-bond acceptors (Lipinski definition) is 6. The summed E-state index contributed by atoms with van der Waals surface area (Å²) in [5.41, 5.74) is 5.31.